The topological polar surface area (TPSA) is 116 Å². The van der Waals surface area contributed by atoms with Gasteiger partial charge in [0.2, 0.25) is 0 Å². The number of halogens is 1. The van der Waals surface area contributed by atoms with Crippen LogP contribution in [-0.2, 0) is 19.6 Å². The normalized spacial score (nSPS) is 11.2. The van der Waals surface area contributed by atoms with Crippen molar-refractivity contribution in [2.75, 3.05) is 18.0 Å². The number of hydrogen-bond acceptors (Lipinski definition) is 7. The molecule has 0 aliphatic carbocycles. The minimum Gasteiger partial charge on any atom is -0.495 e. The number of sulfonamides is 1. The number of carbonyl (C=O) groups excluding carboxylic acids is 1. The molecule has 0 heterocycles. The molecule has 0 aliphatic heterocycles. The van der Waals surface area contributed by atoms with Gasteiger partial charge in [-0.3, -0.25) is 19.2 Å². The first-order chi connectivity index (χ1) is 13.6. The molecule has 0 fully saturated rings. The highest BCUT2D eigenvalue weighted by molar-refractivity contribution is 7.92. The summed E-state index contributed by atoms with van der Waals surface area (Å²) in [5.41, 5.74) is -0.535. The van der Waals surface area contributed by atoms with E-state index in [1.165, 1.54) is 43.5 Å². The van der Waals surface area contributed by atoms with E-state index in [0.717, 1.165) is 6.07 Å². The molecule has 9 nitrogen and oxygen atoms in total. The molecule has 0 atom stereocenters. The van der Waals surface area contributed by atoms with Crippen molar-refractivity contribution in [3.05, 3.63) is 57.6 Å². The van der Waals surface area contributed by atoms with Gasteiger partial charge < -0.3 is 9.47 Å². The van der Waals surface area contributed by atoms with Crippen LogP contribution < -0.4 is 9.04 Å². The first-order valence-electron chi connectivity index (χ1n) is 8.36. The number of hydrogen-bond donors (Lipinski definition) is 0. The van der Waals surface area contributed by atoms with E-state index >= 15 is 0 Å². The number of rotatable bonds is 8. The Labute approximate surface area is 173 Å². The zero-order chi connectivity index (χ0) is 21.8. The largest absolute Gasteiger partial charge is 0.495 e. The van der Waals surface area contributed by atoms with Crippen LogP contribution in [0.3, 0.4) is 0 Å². The van der Waals surface area contributed by atoms with Crippen molar-refractivity contribution in [3.63, 3.8) is 0 Å². The molecule has 0 aromatic heterocycles. The molecular weight excluding hydrogens is 424 g/mol. The van der Waals surface area contributed by atoms with E-state index in [2.05, 4.69) is 0 Å². The molecule has 0 aliphatic rings. The van der Waals surface area contributed by atoms with Crippen molar-refractivity contribution in [2.24, 2.45) is 0 Å². The van der Waals surface area contributed by atoms with Crippen LogP contribution >= 0.6 is 11.6 Å². The first-order valence-corrected chi connectivity index (χ1v) is 10.2. The van der Waals surface area contributed by atoms with Crippen LogP contribution in [0.25, 0.3) is 0 Å². The molecule has 0 N–H and O–H groups in total. The smallest absolute Gasteiger partial charge is 0.327 e. The fourth-order valence-corrected chi connectivity index (χ4v) is 3.98. The van der Waals surface area contributed by atoms with Gasteiger partial charge >= 0.3 is 5.97 Å². The van der Waals surface area contributed by atoms with E-state index in [0.29, 0.717) is 9.33 Å². The third-order valence-corrected chi connectivity index (χ3v) is 5.71. The van der Waals surface area contributed by atoms with Crippen molar-refractivity contribution >= 4 is 39.0 Å². The van der Waals surface area contributed by atoms with E-state index in [1.807, 2.05) is 0 Å². The van der Waals surface area contributed by atoms with Gasteiger partial charge in [0.05, 0.1) is 23.0 Å². The fourth-order valence-electron chi connectivity index (χ4n) is 2.44. The summed E-state index contributed by atoms with van der Waals surface area (Å²) in [6.45, 7) is 2.52. The van der Waals surface area contributed by atoms with Gasteiger partial charge in [0, 0.05) is 17.2 Å². The van der Waals surface area contributed by atoms with Crippen LogP contribution in [0, 0.1) is 10.1 Å². The summed E-state index contributed by atoms with van der Waals surface area (Å²) in [5, 5.41) is 11.5. The number of nitro groups is 1. The Hall–Kier alpha value is -2.85. The Balaban J connectivity index is 2.65. The number of carbonyl (C=O) groups is 1. The molecule has 0 bridgehead atoms. The Bertz CT molecular complexity index is 1010. The average molecular weight is 443 g/mol. The zero-order valence-corrected chi connectivity index (χ0v) is 17.4. The lowest BCUT2D eigenvalue weighted by Gasteiger charge is -2.25. The third kappa shape index (κ3) is 5.36. The average Bonchev–Trinajstić information content (AvgIpc) is 2.65. The summed E-state index contributed by atoms with van der Waals surface area (Å²) in [5.74, 6) is -0.795. The molecule has 2 aromatic carbocycles. The number of non-ortho nitro benzene ring substituents is 1. The molecule has 29 heavy (non-hydrogen) atoms. The Kier molecular flexibility index (Phi) is 7.04. The molecule has 0 amide bonds. The van der Waals surface area contributed by atoms with Gasteiger partial charge in [-0.15, -0.1) is 0 Å². The standard InChI is InChI=1S/C18H19ClN2O7S/c1-12(2)28-18(22)11-20(29(25,26)15-7-4-13(19)5-8-15)16-10-14(21(23)24)6-9-17(16)27-3/h4-10,12H,11H2,1-3H3. The van der Waals surface area contributed by atoms with Gasteiger partial charge in [-0.25, -0.2) is 8.42 Å². The van der Waals surface area contributed by atoms with E-state index in [-0.39, 0.29) is 22.0 Å². The van der Waals surface area contributed by atoms with Crippen molar-refractivity contribution in [1.29, 1.82) is 0 Å². The predicted molar refractivity (Wildman–Crippen MR) is 107 cm³/mol. The lowest BCUT2D eigenvalue weighted by Crippen LogP contribution is -2.37. The minimum absolute atomic E-state index is 0.0329. The van der Waals surface area contributed by atoms with Crippen molar-refractivity contribution in [3.8, 4) is 5.75 Å². The maximum absolute atomic E-state index is 13.3. The molecule has 2 aromatic rings. The van der Waals surface area contributed by atoms with E-state index in [1.54, 1.807) is 13.8 Å². The number of esters is 1. The number of anilines is 1. The van der Waals surface area contributed by atoms with Crippen molar-refractivity contribution in [1.82, 2.24) is 0 Å². The fraction of sp³-hybridized carbons (Fsp3) is 0.278. The van der Waals surface area contributed by atoms with Crippen molar-refractivity contribution in [2.45, 2.75) is 24.8 Å². The van der Waals surface area contributed by atoms with Gasteiger partial charge in [-0.2, -0.15) is 0 Å². The summed E-state index contributed by atoms with van der Waals surface area (Å²) in [6.07, 6.45) is -0.477. The molecule has 0 radical (unpaired) electrons. The van der Waals surface area contributed by atoms with Gasteiger partial charge in [0.25, 0.3) is 15.7 Å². The van der Waals surface area contributed by atoms with Crippen molar-refractivity contribution < 1.29 is 27.6 Å². The molecule has 0 saturated carbocycles. The number of nitrogens with zero attached hydrogens (tertiary/aromatic N) is 2. The van der Waals surface area contributed by atoms with Gasteiger partial charge in [-0.1, -0.05) is 11.6 Å². The number of methoxy groups -OCH3 is 1. The number of nitro benzene ring substituents is 1. The van der Waals surface area contributed by atoms with Gasteiger partial charge in [-0.05, 0) is 44.2 Å². The molecule has 0 saturated heterocycles. The van der Waals surface area contributed by atoms with Crippen LogP contribution in [0.1, 0.15) is 13.8 Å². The maximum atomic E-state index is 13.3. The predicted octanol–water partition coefficient (Wildman–Crippen LogP) is 3.40. The molecule has 0 unspecified atom stereocenters. The number of ether oxygens (including phenoxy) is 2. The number of benzene rings is 2. The van der Waals surface area contributed by atoms with Crippen LogP contribution in [0.2, 0.25) is 5.02 Å². The highest BCUT2D eigenvalue weighted by Gasteiger charge is 2.31. The quantitative estimate of drug-likeness (QED) is 0.349. The summed E-state index contributed by atoms with van der Waals surface area (Å²) in [4.78, 5) is 22.6. The Morgan fingerprint density at radius 3 is 2.34 bits per heavy atom. The Morgan fingerprint density at radius 2 is 1.83 bits per heavy atom. The van der Waals surface area contributed by atoms with Gasteiger partial charge in [0.1, 0.15) is 18.0 Å². The van der Waals surface area contributed by atoms with Gasteiger partial charge in [0.15, 0.2) is 0 Å². The van der Waals surface area contributed by atoms with Crippen LogP contribution in [0.4, 0.5) is 11.4 Å². The molecular formula is C18H19ClN2O7S. The minimum atomic E-state index is -4.31. The lowest BCUT2D eigenvalue weighted by molar-refractivity contribution is -0.384. The zero-order valence-electron chi connectivity index (χ0n) is 15.9. The molecule has 2 rings (SSSR count). The highest BCUT2D eigenvalue weighted by atomic mass is 35.5. The monoisotopic (exact) mass is 442 g/mol. The molecule has 0 spiro atoms. The second-order valence-electron chi connectivity index (χ2n) is 6.12. The molecule has 156 valence electrons. The Morgan fingerprint density at radius 1 is 1.21 bits per heavy atom. The van der Waals surface area contributed by atoms with Crippen LogP contribution in [0.15, 0.2) is 47.4 Å². The summed E-state index contributed by atoms with van der Waals surface area (Å²) in [7, 11) is -3.02. The second-order valence-corrected chi connectivity index (χ2v) is 8.42. The van der Waals surface area contributed by atoms with Crippen LogP contribution in [-0.4, -0.2) is 39.1 Å². The SMILES string of the molecule is COc1ccc([N+](=O)[O-])cc1N(CC(=O)OC(C)C)S(=O)(=O)c1ccc(Cl)cc1. The first kappa shape index (κ1) is 22.4. The van der Waals surface area contributed by atoms with E-state index in [9.17, 15) is 23.3 Å². The van der Waals surface area contributed by atoms with E-state index < -0.39 is 33.6 Å². The summed E-state index contributed by atoms with van der Waals surface area (Å²) >= 11 is 5.83. The summed E-state index contributed by atoms with van der Waals surface area (Å²) in [6, 6.07) is 8.74. The third-order valence-electron chi connectivity index (χ3n) is 3.68. The summed E-state index contributed by atoms with van der Waals surface area (Å²) < 4.78 is 37.5. The van der Waals surface area contributed by atoms with E-state index in [4.69, 9.17) is 21.1 Å². The lowest BCUT2D eigenvalue weighted by atomic mass is 10.2. The second kappa shape index (κ2) is 9.10. The maximum Gasteiger partial charge on any atom is 0.327 e. The van der Waals surface area contributed by atoms with Crippen LogP contribution in [0.5, 0.6) is 5.75 Å². The highest BCUT2D eigenvalue weighted by Crippen LogP contribution is 2.35. The molecule has 11 heteroatoms.